The van der Waals surface area contributed by atoms with E-state index in [-0.39, 0.29) is 0 Å². The van der Waals surface area contributed by atoms with Gasteiger partial charge in [-0.1, -0.05) is 29.0 Å². The molecule has 3 rings (SSSR count). The molecule has 0 spiro atoms. The smallest absolute Gasteiger partial charge is 0.197 e. The Hall–Kier alpha value is -1.10. The van der Waals surface area contributed by atoms with Crippen LogP contribution < -0.4 is 11.3 Å². The monoisotopic (exact) mass is 237 g/mol. The maximum Gasteiger partial charge on any atom is 0.197 e. The molecule has 0 fully saturated rings. The molecule has 0 saturated carbocycles. The number of anilines is 1. The van der Waals surface area contributed by atoms with Crippen molar-refractivity contribution >= 4 is 28.1 Å². The van der Waals surface area contributed by atoms with Gasteiger partial charge in [-0.3, -0.25) is 5.43 Å². The minimum Gasteiger partial charge on any atom is -0.300 e. The van der Waals surface area contributed by atoms with E-state index < -0.39 is 0 Å². The van der Waals surface area contributed by atoms with E-state index in [1.54, 1.807) is 11.3 Å². The molecule has 1 aliphatic rings. The number of aromatic nitrogens is 1. The first-order valence-corrected chi connectivity index (χ1v) is 5.72. The van der Waals surface area contributed by atoms with Crippen molar-refractivity contribution in [1.82, 2.24) is 4.98 Å². The summed E-state index contributed by atoms with van der Waals surface area (Å²) in [5, 5.41) is 1.54. The van der Waals surface area contributed by atoms with Gasteiger partial charge in [-0.2, -0.15) is 0 Å². The van der Waals surface area contributed by atoms with E-state index in [9.17, 15) is 0 Å². The van der Waals surface area contributed by atoms with E-state index in [1.165, 1.54) is 16.0 Å². The summed E-state index contributed by atoms with van der Waals surface area (Å²) in [7, 11) is 0. The quantitative estimate of drug-likeness (QED) is 0.505. The Kier molecular flexibility index (Phi) is 1.95. The molecule has 0 unspecified atom stereocenters. The molecule has 1 aromatic carbocycles. The van der Waals surface area contributed by atoms with Crippen molar-refractivity contribution in [3.05, 3.63) is 33.7 Å². The molecule has 0 aliphatic heterocycles. The molecule has 0 saturated heterocycles. The van der Waals surface area contributed by atoms with Crippen LogP contribution in [0, 0.1) is 0 Å². The van der Waals surface area contributed by atoms with Crippen molar-refractivity contribution in [2.24, 2.45) is 5.84 Å². The summed E-state index contributed by atoms with van der Waals surface area (Å²) in [6, 6.07) is 5.91. The predicted molar refractivity (Wildman–Crippen MR) is 63.2 cm³/mol. The topological polar surface area (TPSA) is 50.9 Å². The SMILES string of the molecule is NNc1nc2c(s1)Cc1cc(Cl)ccc1-2. The lowest BCUT2D eigenvalue weighted by Gasteiger charge is -1.99. The maximum atomic E-state index is 5.94. The van der Waals surface area contributed by atoms with Gasteiger partial charge in [0.1, 0.15) is 0 Å². The third kappa shape index (κ3) is 1.33. The van der Waals surface area contributed by atoms with E-state index in [2.05, 4.69) is 10.4 Å². The molecule has 3 N–H and O–H groups in total. The number of nitrogens with one attached hydrogen (secondary N) is 1. The molecule has 76 valence electrons. The Morgan fingerprint density at radius 2 is 2.33 bits per heavy atom. The Balaban J connectivity index is 2.17. The molecule has 2 aromatic rings. The van der Waals surface area contributed by atoms with Gasteiger partial charge in [-0.25, -0.2) is 10.8 Å². The molecule has 15 heavy (non-hydrogen) atoms. The van der Waals surface area contributed by atoms with Crippen LogP contribution in [0.4, 0.5) is 5.13 Å². The van der Waals surface area contributed by atoms with Crippen LogP contribution in [0.25, 0.3) is 11.3 Å². The van der Waals surface area contributed by atoms with Crippen molar-refractivity contribution in [1.29, 1.82) is 0 Å². The lowest BCUT2D eigenvalue weighted by molar-refractivity contribution is 1.29. The average Bonchev–Trinajstić information content (AvgIpc) is 2.73. The number of hydrazine groups is 1. The molecule has 0 amide bonds. The predicted octanol–water partition coefficient (Wildman–Crippen LogP) is 2.65. The van der Waals surface area contributed by atoms with Crippen LogP contribution in [0.1, 0.15) is 10.4 Å². The molecular formula is C10H8ClN3S. The summed E-state index contributed by atoms with van der Waals surface area (Å²) in [4.78, 5) is 5.67. The van der Waals surface area contributed by atoms with E-state index >= 15 is 0 Å². The van der Waals surface area contributed by atoms with Crippen LogP contribution in [0.2, 0.25) is 5.02 Å². The Morgan fingerprint density at radius 1 is 1.47 bits per heavy atom. The molecule has 1 heterocycles. The molecule has 0 bridgehead atoms. The standard InChI is InChI=1S/C10H8ClN3S/c11-6-1-2-7-5(3-6)4-8-9(7)13-10(14-12)15-8/h1-3H,4,12H2,(H,13,14). The molecule has 3 nitrogen and oxygen atoms in total. The summed E-state index contributed by atoms with van der Waals surface area (Å²) in [6.45, 7) is 0. The van der Waals surface area contributed by atoms with Gasteiger partial charge in [-0.15, -0.1) is 0 Å². The average molecular weight is 238 g/mol. The van der Waals surface area contributed by atoms with Gasteiger partial charge in [0.2, 0.25) is 0 Å². The van der Waals surface area contributed by atoms with E-state index in [1.807, 2.05) is 18.2 Å². The van der Waals surface area contributed by atoms with Crippen molar-refractivity contribution in [3.63, 3.8) is 0 Å². The highest BCUT2D eigenvalue weighted by molar-refractivity contribution is 7.16. The fourth-order valence-corrected chi connectivity index (χ4v) is 2.96. The fourth-order valence-electron chi connectivity index (χ4n) is 1.86. The number of thiazole rings is 1. The molecule has 5 heteroatoms. The Labute approximate surface area is 95.9 Å². The number of hydrogen-bond donors (Lipinski definition) is 2. The van der Waals surface area contributed by atoms with Gasteiger partial charge >= 0.3 is 0 Å². The lowest BCUT2D eigenvalue weighted by atomic mass is 10.1. The number of hydrogen-bond acceptors (Lipinski definition) is 4. The number of nitrogen functional groups attached to an aromatic ring is 1. The number of nitrogens with zero attached hydrogens (tertiary/aromatic N) is 1. The number of halogens is 1. The zero-order valence-electron chi connectivity index (χ0n) is 7.75. The van der Waals surface area contributed by atoms with Crippen LogP contribution in [-0.2, 0) is 6.42 Å². The molecule has 0 atom stereocenters. The first-order valence-electron chi connectivity index (χ1n) is 4.53. The Bertz CT molecular complexity index is 535. The van der Waals surface area contributed by atoms with Crippen molar-refractivity contribution in [2.45, 2.75) is 6.42 Å². The summed E-state index contributed by atoms with van der Waals surface area (Å²) < 4.78 is 0. The van der Waals surface area contributed by atoms with Crippen LogP contribution in [-0.4, -0.2) is 4.98 Å². The highest BCUT2D eigenvalue weighted by atomic mass is 35.5. The largest absolute Gasteiger partial charge is 0.300 e. The second kappa shape index (κ2) is 3.20. The zero-order valence-corrected chi connectivity index (χ0v) is 9.32. The number of nitrogens with two attached hydrogens (primary N) is 1. The lowest BCUT2D eigenvalue weighted by Crippen LogP contribution is -2.05. The van der Waals surface area contributed by atoms with Crippen LogP contribution in [0.3, 0.4) is 0 Å². The maximum absolute atomic E-state index is 5.94. The van der Waals surface area contributed by atoms with E-state index in [0.717, 1.165) is 22.3 Å². The van der Waals surface area contributed by atoms with Crippen LogP contribution in [0.5, 0.6) is 0 Å². The minimum absolute atomic E-state index is 0.764. The van der Waals surface area contributed by atoms with Crippen molar-refractivity contribution in [3.8, 4) is 11.3 Å². The van der Waals surface area contributed by atoms with Crippen molar-refractivity contribution < 1.29 is 0 Å². The molecule has 1 aromatic heterocycles. The van der Waals surface area contributed by atoms with Gasteiger partial charge in [0.15, 0.2) is 5.13 Å². The zero-order chi connectivity index (χ0) is 10.4. The third-order valence-electron chi connectivity index (χ3n) is 2.49. The summed E-state index contributed by atoms with van der Waals surface area (Å²) >= 11 is 7.54. The number of rotatable bonds is 1. The van der Waals surface area contributed by atoms with Gasteiger partial charge < -0.3 is 0 Å². The summed E-state index contributed by atoms with van der Waals surface area (Å²) in [5.74, 6) is 5.33. The molecule has 0 radical (unpaired) electrons. The minimum atomic E-state index is 0.764. The number of fused-ring (bicyclic) bond motifs is 3. The first kappa shape index (κ1) is 9.15. The Morgan fingerprint density at radius 3 is 3.13 bits per heavy atom. The normalized spacial score (nSPS) is 12.4. The van der Waals surface area contributed by atoms with Gasteiger partial charge in [0, 0.05) is 21.9 Å². The fraction of sp³-hybridized carbons (Fsp3) is 0.100. The third-order valence-corrected chi connectivity index (χ3v) is 3.72. The summed E-state index contributed by atoms with van der Waals surface area (Å²) in [5.41, 5.74) is 6.04. The molecular weight excluding hydrogens is 230 g/mol. The van der Waals surface area contributed by atoms with Gasteiger partial charge in [0.05, 0.1) is 5.69 Å². The molecule has 1 aliphatic carbocycles. The van der Waals surface area contributed by atoms with Gasteiger partial charge in [-0.05, 0) is 17.7 Å². The van der Waals surface area contributed by atoms with E-state index in [4.69, 9.17) is 17.4 Å². The second-order valence-corrected chi connectivity index (χ2v) is 4.93. The van der Waals surface area contributed by atoms with Crippen molar-refractivity contribution in [2.75, 3.05) is 5.43 Å². The highest BCUT2D eigenvalue weighted by Gasteiger charge is 2.23. The van der Waals surface area contributed by atoms with Crippen LogP contribution >= 0.6 is 22.9 Å². The number of benzene rings is 1. The highest BCUT2D eigenvalue weighted by Crippen LogP contribution is 2.41. The van der Waals surface area contributed by atoms with E-state index in [0.29, 0.717) is 0 Å². The van der Waals surface area contributed by atoms with Crippen LogP contribution in [0.15, 0.2) is 18.2 Å². The summed E-state index contributed by atoms with van der Waals surface area (Å²) in [6.07, 6.45) is 0.907. The van der Waals surface area contributed by atoms with Gasteiger partial charge in [0.25, 0.3) is 0 Å². The first-order chi connectivity index (χ1) is 7.28. The second-order valence-electron chi connectivity index (χ2n) is 3.41.